The number of aliphatic carboxylic acids is 1. The largest absolute Gasteiger partial charge is 0.490 e. The highest BCUT2D eigenvalue weighted by Crippen LogP contribution is 2.19. The standard InChI is InChI=1S/C21H23ClFN3O2.C2HF3O2/c1-15-3-2-4-16(11-15)13-26(14-20(27)25-9-7-24-8-10-25)21(28)17-5-6-19(23)18(22)12-17;3-2(4,5)1(6)7/h2-6,11-12,24H,7-10,13-14H2,1H3;(H,6,7). The molecule has 2 amide bonds. The highest BCUT2D eigenvalue weighted by molar-refractivity contribution is 6.31. The fraction of sp³-hybridized carbons (Fsp3) is 0.348. The summed E-state index contributed by atoms with van der Waals surface area (Å²) in [6, 6.07) is 11.6. The summed E-state index contributed by atoms with van der Waals surface area (Å²) in [6.07, 6.45) is -5.08. The number of rotatable bonds is 5. The van der Waals surface area contributed by atoms with Crippen LogP contribution in [0, 0.1) is 12.7 Å². The quantitative estimate of drug-likeness (QED) is 0.593. The normalized spacial score (nSPS) is 13.5. The molecule has 12 heteroatoms. The molecule has 2 aromatic rings. The van der Waals surface area contributed by atoms with Gasteiger partial charge >= 0.3 is 12.1 Å². The summed E-state index contributed by atoms with van der Waals surface area (Å²) in [4.78, 5) is 38.0. The predicted molar refractivity (Wildman–Crippen MR) is 120 cm³/mol. The number of benzene rings is 2. The Hall–Kier alpha value is -3.18. The van der Waals surface area contributed by atoms with Gasteiger partial charge in [-0.05, 0) is 30.7 Å². The van der Waals surface area contributed by atoms with E-state index < -0.39 is 18.0 Å². The van der Waals surface area contributed by atoms with Crippen LogP contribution >= 0.6 is 11.6 Å². The van der Waals surface area contributed by atoms with Crippen LogP contribution in [0.25, 0.3) is 0 Å². The molecule has 35 heavy (non-hydrogen) atoms. The Morgan fingerprint density at radius 2 is 1.74 bits per heavy atom. The van der Waals surface area contributed by atoms with E-state index in [0.29, 0.717) is 13.1 Å². The van der Waals surface area contributed by atoms with Gasteiger partial charge in [-0.2, -0.15) is 13.2 Å². The maximum Gasteiger partial charge on any atom is 0.490 e. The molecule has 1 saturated heterocycles. The smallest absolute Gasteiger partial charge is 0.475 e. The molecule has 190 valence electrons. The Balaban J connectivity index is 0.000000540. The molecule has 2 N–H and O–H groups in total. The monoisotopic (exact) mass is 517 g/mol. The third-order valence-electron chi connectivity index (χ3n) is 4.95. The molecule has 1 aliphatic heterocycles. The van der Waals surface area contributed by atoms with Crippen molar-refractivity contribution in [1.29, 1.82) is 0 Å². The lowest BCUT2D eigenvalue weighted by atomic mass is 10.1. The van der Waals surface area contributed by atoms with Crippen LogP contribution < -0.4 is 5.32 Å². The zero-order valence-electron chi connectivity index (χ0n) is 18.7. The van der Waals surface area contributed by atoms with Crippen molar-refractivity contribution in [2.24, 2.45) is 0 Å². The number of carbonyl (C=O) groups excluding carboxylic acids is 2. The van der Waals surface area contributed by atoms with Crippen LogP contribution in [-0.4, -0.2) is 71.6 Å². The molecule has 7 nitrogen and oxygen atoms in total. The molecule has 1 heterocycles. The highest BCUT2D eigenvalue weighted by atomic mass is 35.5. The van der Waals surface area contributed by atoms with E-state index in [2.05, 4.69) is 5.32 Å². The molecule has 0 radical (unpaired) electrons. The van der Waals surface area contributed by atoms with Crippen LogP contribution in [0.5, 0.6) is 0 Å². The lowest BCUT2D eigenvalue weighted by Gasteiger charge is -2.30. The van der Waals surface area contributed by atoms with Crippen molar-refractivity contribution in [3.05, 3.63) is 70.0 Å². The third kappa shape index (κ3) is 8.84. The Morgan fingerprint density at radius 1 is 1.11 bits per heavy atom. The van der Waals surface area contributed by atoms with E-state index in [0.717, 1.165) is 24.2 Å². The van der Waals surface area contributed by atoms with E-state index in [-0.39, 0.29) is 35.5 Å². The summed E-state index contributed by atoms with van der Waals surface area (Å²) in [7, 11) is 0. The number of nitrogens with zero attached hydrogens (tertiary/aromatic N) is 2. The lowest BCUT2D eigenvalue weighted by Crippen LogP contribution is -2.50. The molecule has 0 unspecified atom stereocenters. The van der Waals surface area contributed by atoms with Crippen molar-refractivity contribution in [3.63, 3.8) is 0 Å². The number of carboxylic acids is 1. The van der Waals surface area contributed by atoms with Gasteiger partial charge in [0.25, 0.3) is 5.91 Å². The van der Waals surface area contributed by atoms with Gasteiger partial charge in [0.1, 0.15) is 12.4 Å². The summed E-state index contributed by atoms with van der Waals surface area (Å²) in [5, 5.41) is 10.2. The van der Waals surface area contributed by atoms with Gasteiger partial charge in [0.2, 0.25) is 5.91 Å². The Kier molecular flexibility index (Phi) is 10.0. The SMILES string of the molecule is Cc1cccc(CN(CC(=O)N2CCNCC2)C(=O)c2ccc(F)c(Cl)c2)c1.O=C(O)C(F)(F)F. The summed E-state index contributed by atoms with van der Waals surface area (Å²) < 4.78 is 45.2. The number of carboxylic acid groups (broad SMARTS) is 1. The van der Waals surface area contributed by atoms with E-state index in [4.69, 9.17) is 21.5 Å². The summed E-state index contributed by atoms with van der Waals surface area (Å²) in [5.74, 6) is -3.80. The Labute approximate surface area is 204 Å². The van der Waals surface area contributed by atoms with Gasteiger partial charge in [0.05, 0.1) is 5.02 Å². The molecule has 0 aromatic heterocycles. The van der Waals surface area contributed by atoms with Crippen molar-refractivity contribution in [1.82, 2.24) is 15.1 Å². The van der Waals surface area contributed by atoms with E-state index in [1.807, 2.05) is 31.2 Å². The van der Waals surface area contributed by atoms with Crippen LogP contribution in [0.3, 0.4) is 0 Å². The number of alkyl halides is 3. The summed E-state index contributed by atoms with van der Waals surface area (Å²) >= 11 is 5.84. The second-order valence-corrected chi connectivity index (χ2v) is 8.12. The zero-order valence-corrected chi connectivity index (χ0v) is 19.5. The number of carbonyl (C=O) groups is 3. The van der Waals surface area contributed by atoms with Crippen molar-refractivity contribution < 1.29 is 37.1 Å². The molecule has 1 aliphatic rings. The second-order valence-electron chi connectivity index (χ2n) is 7.71. The van der Waals surface area contributed by atoms with E-state index in [9.17, 15) is 27.2 Å². The first-order valence-electron chi connectivity index (χ1n) is 10.5. The number of hydrogen-bond acceptors (Lipinski definition) is 4. The molecule has 0 aliphatic carbocycles. The number of piperazine rings is 1. The van der Waals surface area contributed by atoms with Gasteiger partial charge < -0.3 is 20.2 Å². The van der Waals surface area contributed by atoms with Crippen molar-refractivity contribution >= 4 is 29.4 Å². The van der Waals surface area contributed by atoms with Gasteiger partial charge in [-0.1, -0.05) is 41.4 Å². The predicted octanol–water partition coefficient (Wildman–Crippen LogP) is 3.50. The first kappa shape index (κ1) is 28.1. The van der Waals surface area contributed by atoms with Crippen LogP contribution in [-0.2, 0) is 16.1 Å². The molecule has 0 atom stereocenters. The van der Waals surface area contributed by atoms with E-state index >= 15 is 0 Å². The molecule has 1 fully saturated rings. The minimum atomic E-state index is -5.08. The number of hydrogen-bond donors (Lipinski definition) is 2. The minimum absolute atomic E-state index is 0.0399. The summed E-state index contributed by atoms with van der Waals surface area (Å²) in [5.41, 5.74) is 2.25. The molecular formula is C23H24ClF4N3O4. The Morgan fingerprint density at radius 3 is 2.29 bits per heavy atom. The van der Waals surface area contributed by atoms with Gasteiger partial charge in [-0.3, -0.25) is 9.59 Å². The fourth-order valence-electron chi connectivity index (χ4n) is 3.22. The average molecular weight is 518 g/mol. The zero-order chi connectivity index (χ0) is 26.2. The number of halogens is 5. The average Bonchev–Trinajstić information content (AvgIpc) is 2.80. The van der Waals surface area contributed by atoms with Gasteiger partial charge in [-0.25, -0.2) is 9.18 Å². The van der Waals surface area contributed by atoms with Crippen LogP contribution in [0.4, 0.5) is 17.6 Å². The fourth-order valence-corrected chi connectivity index (χ4v) is 3.40. The second kappa shape index (κ2) is 12.5. The first-order valence-corrected chi connectivity index (χ1v) is 10.8. The van der Waals surface area contributed by atoms with Gasteiger partial charge in [0.15, 0.2) is 0 Å². The third-order valence-corrected chi connectivity index (χ3v) is 5.24. The maximum atomic E-state index is 13.5. The lowest BCUT2D eigenvalue weighted by molar-refractivity contribution is -0.192. The molecule has 3 rings (SSSR count). The van der Waals surface area contributed by atoms with Crippen LogP contribution in [0.2, 0.25) is 5.02 Å². The van der Waals surface area contributed by atoms with Gasteiger partial charge in [0, 0.05) is 38.3 Å². The van der Waals surface area contributed by atoms with Gasteiger partial charge in [-0.15, -0.1) is 0 Å². The highest BCUT2D eigenvalue weighted by Gasteiger charge is 2.38. The maximum absolute atomic E-state index is 13.5. The molecule has 0 spiro atoms. The molecule has 2 aromatic carbocycles. The van der Waals surface area contributed by atoms with Crippen molar-refractivity contribution in [3.8, 4) is 0 Å². The Bertz CT molecular complexity index is 1060. The van der Waals surface area contributed by atoms with E-state index in [1.165, 1.54) is 23.1 Å². The van der Waals surface area contributed by atoms with E-state index in [1.54, 1.807) is 4.90 Å². The number of amides is 2. The number of nitrogens with one attached hydrogen (secondary N) is 1. The molecule has 0 saturated carbocycles. The molecular weight excluding hydrogens is 494 g/mol. The van der Waals surface area contributed by atoms with Crippen LogP contribution in [0.15, 0.2) is 42.5 Å². The minimum Gasteiger partial charge on any atom is -0.475 e. The number of aryl methyl sites for hydroxylation is 1. The topological polar surface area (TPSA) is 90.0 Å². The molecule has 0 bridgehead atoms. The van der Waals surface area contributed by atoms with Crippen molar-refractivity contribution in [2.45, 2.75) is 19.6 Å². The van der Waals surface area contributed by atoms with Crippen molar-refractivity contribution in [2.75, 3.05) is 32.7 Å². The first-order chi connectivity index (χ1) is 16.4. The van der Waals surface area contributed by atoms with Crippen LogP contribution in [0.1, 0.15) is 21.5 Å². The summed E-state index contributed by atoms with van der Waals surface area (Å²) in [6.45, 7) is 4.94.